The molecule has 0 bridgehead atoms. The van der Waals surface area contributed by atoms with Crippen molar-refractivity contribution in [1.82, 2.24) is 15.3 Å². The number of hydrogen-bond donors (Lipinski definition) is 3. The monoisotopic (exact) mass is 357 g/mol. The number of amides is 1. The van der Waals surface area contributed by atoms with Crippen LogP contribution in [0.2, 0.25) is 10.0 Å². The Hall–Kier alpha value is -2.25. The molecule has 1 atom stereocenters. The van der Waals surface area contributed by atoms with Crippen LogP contribution in [0, 0.1) is 0 Å². The summed E-state index contributed by atoms with van der Waals surface area (Å²) >= 11 is 11.8. The lowest BCUT2D eigenvalue weighted by Gasteiger charge is -2.15. The van der Waals surface area contributed by atoms with Gasteiger partial charge in [0.25, 0.3) is 11.5 Å². The van der Waals surface area contributed by atoms with Crippen molar-refractivity contribution in [2.45, 2.75) is 13.0 Å². The van der Waals surface area contributed by atoms with Gasteiger partial charge in [0.1, 0.15) is 18.1 Å². The predicted octanol–water partition coefficient (Wildman–Crippen LogP) is 1.57. The average molecular weight is 358 g/mol. The van der Waals surface area contributed by atoms with Gasteiger partial charge < -0.3 is 15.0 Å². The van der Waals surface area contributed by atoms with Gasteiger partial charge in [-0.3, -0.25) is 14.6 Å². The lowest BCUT2D eigenvalue weighted by atomic mass is 10.3. The van der Waals surface area contributed by atoms with E-state index in [1.807, 2.05) is 4.98 Å². The third-order valence-electron chi connectivity index (χ3n) is 2.76. The third-order valence-corrected chi connectivity index (χ3v) is 3.31. The van der Waals surface area contributed by atoms with Crippen molar-refractivity contribution >= 4 is 29.1 Å². The maximum atomic E-state index is 12.0. The summed E-state index contributed by atoms with van der Waals surface area (Å²) in [6.07, 6.45) is 0. The van der Waals surface area contributed by atoms with Gasteiger partial charge in [-0.05, 0) is 19.1 Å². The van der Waals surface area contributed by atoms with Gasteiger partial charge in [0.05, 0.1) is 11.1 Å². The number of ether oxygens (including phenoxy) is 1. The molecule has 0 saturated heterocycles. The van der Waals surface area contributed by atoms with Crippen molar-refractivity contribution in [2.75, 3.05) is 6.61 Å². The lowest BCUT2D eigenvalue weighted by molar-refractivity contribution is 0.0921. The zero-order chi connectivity index (χ0) is 17.0. The van der Waals surface area contributed by atoms with Crippen molar-refractivity contribution in [1.29, 1.82) is 0 Å². The number of aromatic nitrogens is 2. The van der Waals surface area contributed by atoms with E-state index in [1.165, 1.54) is 0 Å². The molecule has 1 amide bonds. The SMILES string of the molecule is CC(COc1cc(Cl)ccc1Cl)NC(=O)c1cc(=O)[nH]c(=O)[nH]1. The summed E-state index contributed by atoms with van der Waals surface area (Å²) < 4.78 is 5.49. The van der Waals surface area contributed by atoms with Gasteiger partial charge in [-0.15, -0.1) is 0 Å². The molecule has 3 N–H and O–H groups in total. The quantitative estimate of drug-likeness (QED) is 0.755. The van der Waals surface area contributed by atoms with E-state index in [-0.39, 0.29) is 12.3 Å². The average Bonchev–Trinajstić information content (AvgIpc) is 2.47. The topological polar surface area (TPSA) is 104 Å². The van der Waals surface area contributed by atoms with Crippen molar-refractivity contribution < 1.29 is 9.53 Å². The van der Waals surface area contributed by atoms with Gasteiger partial charge in [0, 0.05) is 17.2 Å². The number of H-pyrrole nitrogens is 2. The normalized spacial score (nSPS) is 11.8. The van der Waals surface area contributed by atoms with Gasteiger partial charge in [-0.25, -0.2) is 4.79 Å². The van der Waals surface area contributed by atoms with E-state index < -0.39 is 23.2 Å². The van der Waals surface area contributed by atoms with Crippen molar-refractivity contribution in [3.8, 4) is 5.75 Å². The van der Waals surface area contributed by atoms with Crippen molar-refractivity contribution in [2.24, 2.45) is 0 Å². The number of nitrogens with one attached hydrogen (secondary N) is 3. The molecule has 1 aromatic carbocycles. The standard InChI is InChI=1S/C14H13Cl2N3O4/c1-7(6-23-11-4-8(15)2-3-9(11)16)17-13(21)10-5-12(20)19-14(22)18-10/h2-5,7H,6H2,1H3,(H,17,21)(H2,18,19,20,22). The maximum Gasteiger partial charge on any atom is 0.326 e. The molecule has 0 radical (unpaired) electrons. The minimum atomic E-state index is -0.753. The summed E-state index contributed by atoms with van der Waals surface area (Å²) in [5, 5.41) is 3.46. The zero-order valence-corrected chi connectivity index (χ0v) is 13.5. The molecule has 0 aliphatic heterocycles. The second-order valence-corrected chi connectivity index (χ2v) is 5.61. The summed E-state index contributed by atoms with van der Waals surface area (Å²) in [7, 11) is 0. The zero-order valence-electron chi connectivity index (χ0n) is 12.0. The van der Waals surface area contributed by atoms with E-state index in [0.29, 0.717) is 15.8 Å². The van der Waals surface area contributed by atoms with Crippen LogP contribution in [0.3, 0.4) is 0 Å². The van der Waals surface area contributed by atoms with Crippen LogP contribution >= 0.6 is 23.2 Å². The Kier molecular flexibility index (Phi) is 5.46. The minimum absolute atomic E-state index is 0.124. The fraction of sp³-hybridized carbons (Fsp3) is 0.214. The molecule has 0 aliphatic carbocycles. The number of hydrogen-bond acceptors (Lipinski definition) is 4. The summed E-state index contributed by atoms with van der Waals surface area (Å²) in [6, 6.07) is 5.39. The van der Waals surface area contributed by atoms with Crippen LogP contribution < -0.4 is 21.3 Å². The second kappa shape index (κ2) is 7.34. The molecule has 122 valence electrons. The molecule has 0 spiro atoms. The van der Waals surface area contributed by atoms with E-state index in [0.717, 1.165) is 6.07 Å². The molecular formula is C14H13Cl2N3O4. The summed E-state index contributed by atoms with van der Waals surface area (Å²) in [6.45, 7) is 1.82. The largest absolute Gasteiger partial charge is 0.490 e. The van der Waals surface area contributed by atoms with Gasteiger partial charge in [-0.1, -0.05) is 23.2 Å². The van der Waals surface area contributed by atoms with Crippen molar-refractivity contribution in [3.05, 3.63) is 60.8 Å². The fourth-order valence-electron chi connectivity index (χ4n) is 1.74. The first-order valence-electron chi connectivity index (χ1n) is 6.57. The highest BCUT2D eigenvalue weighted by Crippen LogP contribution is 2.27. The molecular weight excluding hydrogens is 345 g/mol. The smallest absolute Gasteiger partial charge is 0.326 e. The summed E-state index contributed by atoms with van der Waals surface area (Å²) in [5.41, 5.74) is -1.54. The number of aromatic amines is 2. The van der Waals surface area contributed by atoms with Crippen molar-refractivity contribution in [3.63, 3.8) is 0 Å². The molecule has 23 heavy (non-hydrogen) atoms. The number of carbonyl (C=O) groups excluding carboxylic acids is 1. The van der Waals surface area contributed by atoms with E-state index in [9.17, 15) is 14.4 Å². The molecule has 9 heteroatoms. The Bertz CT molecular complexity index is 803. The fourth-order valence-corrected chi connectivity index (χ4v) is 2.07. The Labute approximate surface area is 140 Å². The second-order valence-electron chi connectivity index (χ2n) is 4.76. The van der Waals surface area contributed by atoms with Gasteiger partial charge in [-0.2, -0.15) is 0 Å². The Morgan fingerprint density at radius 2 is 2.00 bits per heavy atom. The molecule has 1 heterocycles. The molecule has 0 aliphatic rings. The highest BCUT2D eigenvalue weighted by Gasteiger charge is 2.13. The highest BCUT2D eigenvalue weighted by molar-refractivity contribution is 6.34. The van der Waals surface area contributed by atoms with Crippen LogP contribution in [0.15, 0.2) is 33.9 Å². The van der Waals surface area contributed by atoms with Gasteiger partial charge in [0.15, 0.2) is 0 Å². The molecule has 2 rings (SSSR count). The number of rotatable bonds is 5. The number of benzene rings is 1. The van der Waals surface area contributed by atoms with Crippen LogP contribution in [0.25, 0.3) is 0 Å². The first-order valence-corrected chi connectivity index (χ1v) is 7.33. The molecule has 0 saturated carbocycles. The first kappa shape index (κ1) is 17.1. The van der Waals surface area contributed by atoms with Crippen LogP contribution in [0.1, 0.15) is 17.4 Å². The van der Waals surface area contributed by atoms with E-state index >= 15 is 0 Å². The highest BCUT2D eigenvalue weighted by atomic mass is 35.5. The van der Waals surface area contributed by atoms with E-state index in [2.05, 4.69) is 10.3 Å². The Balaban J connectivity index is 1.97. The van der Waals surface area contributed by atoms with Gasteiger partial charge in [0.2, 0.25) is 0 Å². The third kappa shape index (κ3) is 4.87. The van der Waals surface area contributed by atoms with Crippen LogP contribution in [0.5, 0.6) is 5.75 Å². The molecule has 0 fully saturated rings. The Morgan fingerprint density at radius 1 is 1.26 bits per heavy atom. The minimum Gasteiger partial charge on any atom is -0.490 e. The predicted molar refractivity (Wildman–Crippen MR) is 86.6 cm³/mol. The number of halogens is 2. The number of carbonyl (C=O) groups is 1. The molecule has 7 nitrogen and oxygen atoms in total. The molecule has 1 aromatic heterocycles. The Morgan fingerprint density at radius 3 is 2.70 bits per heavy atom. The molecule has 2 aromatic rings. The molecule has 1 unspecified atom stereocenters. The van der Waals surface area contributed by atoms with Crippen LogP contribution in [-0.2, 0) is 0 Å². The van der Waals surface area contributed by atoms with E-state index in [1.54, 1.807) is 25.1 Å². The van der Waals surface area contributed by atoms with Crippen LogP contribution in [0.4, 0.5) is 0 Å². The summed E-state index contributed by atoms with van der Waals surface area (Å²) in [5.74, 6) is -0.202. The maximum absolute atomic E-state index is 12.0. The first-order chi connectivity index (χ1) is 10.8. The lowest BCUT2D eigenvalue weighted by Crippen LogP contribution is -2.39. The summed E-state index contributed by atoms with van der Waals surface area (Å²) in [4.78, 5) is 38.5. The van der Waals surface area contributed by atoms with Crippen LogP contribution in [-0.4, -0.2) is 28.5 Å². The van der Waals surface area contributed by atoms with Gasteiger partial charge >= 0.3 is 5.69 Å². The van der Waals surface area contributed by atoms with E-state index in [4.69, 9.17) is 27.9 Å².